The van der Waals surface area contributed by atoms with Crippen LogP contribution in [0, 0.1) is 18.1 Å². The van der Waals surface area contributed by atoms with Gasteiger partial charge in [0.1, 0.15) is 5.76 Å². The molecule has 1 fully saturated rings. The van der Waals surface area contributed by atoms with Gasteiger partial charge < -0.3 is 14.5 Å². The summed E-state index contributed by atoms with van der Waals surface area (Å²) in [4.78, 5) is 0. The number of nitrogens with one attached hydrogen (secondary N) is 1. The molecule has 1 N–H and O–H groups in total. The normalized spacial score (nSPS) is 26.9. The highest BCUT2D eigenvalue weighted by molar-refractivity contribution is 5.55. The van der Waals surface area contributed by atoms with Gasteiger partial charge in [0.05, 0.1) is 24.1 Å². The summed E-state index contributed by atoms with van der Waals surface area (Å²) >= 11 is 0. The van der Waals surface area contributed by atoms with Crippen LogP contribution in [0.15, 0.2) is 28.9 Å². The molecule has 0 radical (unpaired) electrons. The van der Waals surface area contributed by atoms with E-state index in [9.17, 15) is 0 Å². The van der Waals surface area contributed by atoms with E-state index >= 15 is 0 Å². The molecular weight excluding hydrogens is 262 g/mol. The van der Waals surface area contributed by atoms with E-state index in [0.717, 1.165) is 24.5 Å². The molecule has 4 rings (SSSR count). The molecular formula is C18H19NO2. The van der Waals surface area contributed by atoms with Crippen molar-refractivity contribution in [2.24, 2.45) is 5.92 Å². The first-order chi connectivity index (χ1) is 10.2. The molecule has 0 amide bonds. The first-order valence-electron chi connectivity index (χ1n) is 7.63. The molecule has 3 heteroatoms. The van der Waals surface area contributed by atoms with Crippen molar-refractivity contribution < 1.29 is 9.15 Å². The Labute approximate surface area is 125 Å². The minimum atomic E-state index is 0.139. The molecule has 0 aliphatic carbocycles. The van der Waals surface area contributed by atoms with Gasteiger partial charge in [-0.1, -0.05) is 19.9 Å². The summed E-state index contributed by atoms with van der Waals surface area (Å²) in [6, 6.07) is 12.9. The van der Waals surface area contributed by atoms with E-state index < -0.39 is 0 Å². The highest BCUT2D eigenvalue weighted by atomic mass is 16.5. The molecule has 2 aliphatic rings. The van der Waals surface area contributed by atoms with Crippen LogP contribution in [0.5, 0.6) is 0 Å². The number of hydrogen-bond donors (Lipinski definition) is 1. The van der Waals surface area contributed by atoms with Crippen molar-refractivity contribution in [1.29, 1.82) is 0 Å². The van der Waals surface area contributed by atoms with E-state index in [1.165, 1.54) is 11.1 Å². The maximum Gasteiger partial charge on any atom is 0.126 e. The van der Waals surface area contributed by atoms with Crippen LogP contribution in [0.25, 0.3) is 0 Å². The van der Waals surface area contributed by atoms with E-state index in [0.29, 0.717) is 11.8 Å². The number of anilines is 1. The molecule has 0 saturated carbocycles. The molecule has 21 heavy (non-hydrogen) atoms. The Hall–Kier alpha value is -1.92. The quantitative estimate of drug-likeness (QED) is 0.893. The minimum Gasteiger partial charge on any atom is -0.467 e. The van der Waals surface area contributed by atoms with Gasteiger partial charge in [-0.05, 0) is 36.6 Å². The average molecular weight is 281 g/mol. The monoisotopic (exact) mass is 281 g/mol. The van der Waals surface area contributed by atoms with Crippen LogP contribution in [-0.4, -0.2) is 6.61 Å². The largest absolute Gasteiger partial charge is 0.467 e. The lowest BCUT2D eigenvalue weighted by molar-refractivity contribution is 0.0807. The number of hydrogen-bond acceptors (Lipinski definition) is 3. The summed E-state index contributed by atoms with van der Waals surface area (Å²) in [5.41, 5.74) is 3.42. The number of fused-ring (bicyclic) bond motifs is 3. The second-order valence-corrected chi connectivity index (χ2v) is 6.22. The third-order valence-corrected chi connectivity index (χ3v) is 4.58. The number of rotatable bonds is 2. The van der Waals surface area contributed by atoms with Gasteiger partial charge in [-0.15, -0.1) is 0 Å². The van der Waals surface area contributed by atoms with Gasteiger partial charge in [0, 0.05) is 23.7 Å². The fraction of sp³-hybridized carbons (Fsp3) is 0.444. The number of ether oxygens (including phenoxy) is 1. The Balaban J connectivity index is 1.77. The van der Waals surface area contributed by atoms with E-state index in [2.05, 4.69) is 37.4 Å². The standard InChI is InChI=1S/C18H19NO2/c1-11(2)12-5-6-15-14(10-12)18-13(7-9-21-18)17(19-15)16-4-3-8-20-16/h3-4,8,10-11,13,17-19H,7,9H2,1-2H3. The van der Waals surface area contributed by atoms with Gasteiger partial charge in [0.2, 0.25) is 0 Å². The van der Waals surface area contributed by atoms with Crippen LogP contribution in [0.3, 0.4) is 0 Å². The van der Waals surface area contributed by atoms with Crippen molar-refractivity contribution in [2.75, 3.05) is 11.9 Å². The van der Waals surface area contributed by atoms with E-state index in [4.69, 9.17) is 9.15 Å². The van der Waals surface area contributed by atoms with Crippen LogP contribution in [0.2, 0.25) is 0 Å². The van der Waals surface area contributed by atoms with Gasteiger partial charge in [0.15, 0.2) is 0 Å². The summed E-state index contributed by atoms with van der Waals surface area (Å²) in [6.07, 6.45) is 2.92. The van der Waals surface area contributed by atoms with Crippen LogP contribution in [-0.2, 0) is 4.74 Å². The molecule has 0 bridgehead atoms. The van der Waals surface area contributed by atoms with E-state index in [1.54, 1.807) is 6.26 Å². The van der Waals surface area contributed by atoms with Gasteiger partial charge >= 0.3 is 0 Å². The molecule has 3 unspecified atom stereocenters. The first-order valence-corrected chi connectivity index (χ1v) is 7.63. The zero-order valence-corrected chi connectivity index (χ0v) is 12.3. The van der Waals surface area contributed by atoms with Crippen molar-refractivity contribution in [3.8, 4) is 0 Å². The molecule has 2 aromatic rings. The van der Waals surface area contributed by atoms with Crippen LogP contribution < -0.4 is 5.32 Å². The van der Waals surface area contributed by atoms with Crippen LogP contribution in [0.4, 0.5) is 5.69 Å². The third-order valence-electron chi connectivity index (χ3n) is 4.58. The van der Waals surface area contributed by atoms with Crippen molar-refractivity contribution in [2.45, 2.75) is 38.3 Å². The maximum atomic E-state index is 6.03. The summed E-state index contributed by atoms with van der Waals surface area (Å²) in [5, 5.41) is 3.58. The lowest BCUT2D eigenvalue weighted by Gasteiger charge is -2.34. The Morgan fingerprint density at radius 2 is 2.24 bits per heavy atom. The topological polar surface area (TPSA) is 34.4 Å². The lowest BCUT2D eigenvalue weighted by atomic mass is 9.82. The van der Waals surface area contributed by atoms with Crippen LogP contribution >= 0.6 is 0 Å². The second kappa shape index (κ2) is 4.82. The van der Waals surface area contributed by atoms with Gasteiger partial charge in [0.25, 0.3) is 0 Å². The number of furan rings is 1. The highest BCUT2D eigenvalue weighted by Gasteiger charge is 2.42. The molecule has 0 spiro atoms. The Kier molecular flexibility index (Phi) is 2.94. The van der Waals surface area contributed by atoms with E-state index in [-0.39, 0.29) is 12.1 Å². The van der Waals surface area contributed by atoms with Crippen molar-refractivity contribution >= 4 is 5.69 Å². The molecule has 2 aliphatic heterocycles. The highest BCUT2D eigenvalue weighted by Crippen LogP contribution is 2.49. The van der Waals surface area contributed by atoms with Gasteiger partial charge in [-0.3, -0.25) is 0 Å². The minimum absolute atomic E-state index is 0.139. The smallest absolute Gasteiger partial charge is 0.126 e. The summed E-state index contributed by atoms with van der Waals surface area (Å²) in [6.45, 7) is 5.17. The SMILES string of the molecule is CC(C)c1c#cc2c(c1)C1OCCC1C(c1ccco1)N2. The Morgan fingerprint density at radius 1 is 1.33 bits per heavy atom. The van der Waals surface area contributed by atoms with E-state index in [1.807, 2.05) is 12.1 Å². The maximum absolute atomic E-state index is 6.03. The Bertz CT molecular complexity index is 633. The molecule has 3 nitrogen and oxygen atoms in total. The van der Waals surface area contributed by atoms with Crippen molar-refractivity contribution in [3.63, 3.8) is 0 Å². The lowest BCUT2D eigenvalue weighted by Crippen LogP contribution is -2.28. The molecule has 1 aromatic heterocycles. The molecule has 3 heterocycles. The zero-order chi connectivity index (χ0) is 14.4. The fourth-order valence-corrected chi connectivity index (χ4v) is 3.42. The predicted octanol–water partition coefficient (Wildman–Crippen LogP) is 4.25. The van der Waals surface area contributed by atoms with Crippen molar-refractivity contribution in [3.05, 3.63) is 53.5 Å². The summed E-state index contributed by atoms with van der Waals surface area (Å²) in [5.74, 6) is 1.84. The zero-order valence-electron chi connectivity index (χ0n) is 12.3. The Morgan fingerprint density at radius 3 is 3.00 bits per heavy atom. The summed E-state index contributed by atoms with van der Waals surface area (Å²) in [7, 11) is 0. The third kappa shape index (κ3) is 2.02. The molecule has 1 saturated heterocycles. The van der Waals surface area contributed by atoms with Crippen molar-refractivity contribution in [1.82, 2.24) is 0 Å². The molecule has 3 atom stereocenters. The van der Waals surface area contributed by atoms with Crippen LogP contribution in [0.1, 0.15) is 55.2 Å². The van der Waals surface area contributed by atoms with Gasteiger partial charge in [-0.2, -0.15) is 0 Å². The average Bonchev–Trinajstić information content (AvgIpc) is 3.17. The first kappa shape index (κ1) is 12.8. The molecule has 108 valence electrons. The second-order valence-electron chi connectivity index (χ2n) is 6.22. The predicted molar refractivity (Wildman–Crippen MR) is 80.1 cm³/mol. The fourth-order valence-electron chi connectivity index (χ4n) is 3.42. The molecule has 1 aromatic carbocycles. The van der Waals surface area contributed by atoms with Gasteiger partial charge in [-0.25, -0.2) is 0 Å². The summed E-state index contributed by atoms with van der Waals surface area (Å²) < 4.78 is 11.6.